The summed E-state index contributed by atoms with van der Waals surface area (Å²) in [5.41, 5.74) is 0.544. The fourth-order valence-corrected chi connectivity index (χ4v) is 3.11. The standard InChI is InChI=1S/C21H29N3O3/c1-21(2,3)20(26)24(16-9-10-16)15-19(25)23(14-18-8-6-12-27-18)13-17-7-5-11-22(17)4/h5-8,11-12,16H,9-10,13-15H2,1-4H3. The highest BCUT2D eigenvalue weighted by atomic mass is 16.3. The van der Waals surface area contributed by atoms with Crippen molar-refractivity contribution in [1.29, 1.82) is 0 Å². The summed E-state index contributed by atoms with van der Waals surface area (Å²) < 4.78 is 7.45. The van der Waals surface area contributed by atoms with E-state index in [0.717, 1.165) is 24.3 Å². The molecule has 0 bridgehead atoms. The van der Waals surface area contributed by atoms with Crippen molar-refractivity contribution in [1.82, 2.24) is 14.4 Å². The van der Waals surface area contributed by atoms with Crippen molar-refractivity contribution in [3.05, 3.63) is 48.2 Å². The minimum Gasteiger partial charge on any atom is -0.467 e. The summed E-state index contributed by atoms with van der Waals surface area (Å²) in [5.74, 6) is 0.713. The third-order valence-corrected chi connectivity index (χ3v) is 4.88. The molecule has 1 fully saturated rings. The average molecular weight is 371 g/mol. The fourth-order valence-electron chi connectivity index (χ4n) is 3.11. The van der Waals surface area contributed by atoms with Crippen molar-refractivity contribution in [2.75, 3.05) is 6.54 Å². The molecule has 0 spiro atoms. The minimum atomic E-state index is -0.493. The number of aromatic nitrogens is 1. The van der Waals surface area contributed by atoms with E-state index in [1.165, 1.54) is 0 Å². The maximum Gasteiger partial charge on any atom is 0.242 e. The van der Waals surface area contributed by atoms with Crippen molar-refractivity contribution >= 4 is 11.8 Å². The second-order valence-electron chi connectivity index (χ2n) is 8.35. The number of hydrogen-bond donors (Lipinski definition) is 0. The van der Waals surface area contributed by atoms with Gasteiger partial charge in [-0.3, -0.25) is 9.59 Å². The lowest BCUT2D eigenvalue weighted by atomic mass is 9.94. The molecular weight excluding hydrogens is 342 g/mol. The Morgan fingerprint density at radius 1 is 1.19 bits per heavy atom. The van der Waals surface area contributed by atoms with Gasteiger partial charge in [-0.1, -0.05) is 20.8 Å². The van der Waals surface area contributed by atoms with Gasteiger partial charge in [-0.2, -0.15) is 0 Å². The van der Waals surface area contributed by atoms with E-state index in [1.807, 2.05) is 62.8 Å². The molecule has 0 atom stereocenters. The molecule has 1 aliphatic carbocycles. The summed E-state index contributed by atoms with van der Waals surface area (Å²) in [6.07, 6.45) is 5.53. The van der Waals surface area contributed by atoms with E-state index < -0.39 is 5.41 Å². The molecule has 0 unspecified atom stereocenters. The molecule has 2 heterocycles. The van der Waals surface area contributed by atoms with Gasteiger partial charge in [0.15, 0.2) is 0 Å². The lowest BCUT2D eigenvalue weighted by molar-refractivity contribution is -0.146. The highest BCUT2D eigenvalue weighted by Gasteiger charge is 2.39. The van der Waals surface area contributed by atoms with Crippen LogP contribution < -0.4 is 0 Å². The quantitative estimate of drug-likeness (QED) is 0.751. The predicted octanol–water partition coefficient (Wildman–Crippen LogP) is 3.18. The first-order valence-electron chi connectivity index (χ1n) is 9.47. The molecule has 3 rings (SSSR count). The number of furan rings is 1. The van der Waals surface area contributed by atoms with Crippen LogP contribution in [0.15, 0.2) is 41.1 Å². The molecule has 0 radical (unpaired) electrons. The van der Waals surface area contributed by atoms with Crippen LogP contribution in [0.5, 0.6) is 0 Å². The number of rotatable bonds is 7. The second-order valence-corrected chi connectivity index (χ2v) is 8.35. The van der Waals surface area contributed by atoms with Crippen molar-refractivity contribution in [3.8, 4) is 0 Å². The molecule has 2 amide bonds. The van der Waals surface area contributed by atoms with E-state index in [2.05, 4.69) is 0 Å². The zero-order valence-electron chi connectivity index (χ0n) is 16.6. The van der Waals surface area contributed by atoms with E-state index in [0.29, 0.717) is 13.1 Å². The predicted molar refractivity (Wildman–Crippen MR) is 103 cm³/mol. The minimum absolute atomic E-state index is 0.0372. The van der Waals surface area contributed by atoms with Gasteiger partial charge in [0.25, 0.3) is 0 Å². The van der Waals surface area contributed by atoms with Gasteiger partial charge >= 0.3 is 0 Å². The zero-order chi connectivity index (χ0) is 19.6. The number of carbonyl (C=O) groups excluding carboxylic acids is 2. The van der Waals surface area contributed by atoms with Crippen LogP contribution in [0.4, 0.5) is 0 Å². The van der Waals surface area contributed by atoms with Crippen molar-refractivity contribution in [3.63, 3.8) is 0 Å². The summed E-state index contributed by atoms with van der Waals surface area (Å²) in [4.78, 5) is 29.5. The number of nitrogens with zero attached hydrogens (tertiary/aromatic N) is 3. The van der Waals surface area contributed by atoms with Crippen LogP contribution in [0.3, 0.4) is 0 Å². The Labute approximate surface area is 160 Å². The van der Waals surface area contributed by atoms with Gasteiger partial charge in [-0.05, 0) is 37.1 Å². The molecule has 6 nitrogen and oxygen atoms in total. The van der Waals surface area contributed by atoms with E-state index in [9.17, 15) is 9.59 Å². The van der Waals surface area contributed by atoms with Gasteiger partial charge in [0.05, 0.1) is 19.4 Å². The Morgan fingerprint density at radius 2 is 1.93 bits per heavy atom. The maximum absolute atomic E-state index is 13.2. The first kappa shape index (κ1) is 19.3. The summed E-state index contributed by atoms with van der Waals surface area (Å²) >= 11 is 0. The largest absolute Gasteiger partial charge is 0.467 e. The van der Waals surface area contributed by atoms with E-state index in [1.54, 1.807) is 16.1 Å². The molecule has 27 heavy (non-hydrogen) atoms. The Bertz CT molecular complexity index is 782. The van der Waals surface area contributed by atoms with Gasteiger partial charge in [0.2, 0.25) is 11.8 Å². The van der Waals surface area contributed by atoms with E-state index >= 15 is 0 Å². The lowest BCUT2D eigenvalue weighted by Gasteiger charge is -2.31. The van der Waals surface area contributed by atoms with Gasteiger partial charge in [0.1, 0.15) is 12.3 Å². The third-order valence-electron chi connectivity index (χ3n) is 4.88. The van der Waals surface area contributed by atoms with Gasteiger partial charge in [-0.15, -0.1) is 0 Å². The SMILES string of the molecule is Cn1cccc1CN(Cc1ccco1)C(=O)CN(C(=O)C(C)(C)C)C1CC1. The zero-order valence-corrected chi connectivity index (χ0v) is 16.6. The van der Waals surface area contributed by atoms with Crippen LogP contribution in [0, 0.1) is 5.41 Å². The van der Waals surface area contributed by atoms with Crippen molar-refractivity contribution in [2.24, 2.45) is 12.5 Å². The fraction of sp³-hybridized carbons (Fsp3) is 0.524. The van der Waals surface area contributed by atoms with E-state index in [-0.39, 0.29) is 24.4 Å². The lowest BCUT2D eigenvalue weighted by Crippen LogP contribution is -2.47. The third kappa shape index (κ3) is 4.81. The molecule has 146 valence electrons. The monoisotopic (exact) mass is 371 g/mol. The molecule has 6 heteroatoms. The summed E-state index contributed by atoms with van der Waals surface area (Å²) in [7, 11) is 1.96. The Kier molecular flexibility index (Phi) is 5.44. The Morgan fingerprint density at radius 3 is 2.44 bits per heavy atom. The molecule has 2 aromatic heterocycles. The normalized spacial score (nSPS) is 14.2. The van der Waals surface area contributed by atoms with Crippen LogP contribution in [-0.4, -0.2) is 38.8 Å². The van der Waals surface area contributed by atoms with Crippen molar-refractivity contribution in [2.45, 2.75) is 52.7 Å². The first-order chi connectivity index (χ1) is 12.8. The van der Waals surface area contributed by atoms with Crippen LogP contribution in [0.2, 0.25) is 0 Å². The number of carbonyl (C=O) groups is 2. The van der Waals surface area contributed by atoms with Gasteiger partial charge < -0.3 is 18.8 Å². The van der Waals surface area contributed by atoms with Crippen LogP contribution in [-0.2, 0) is 29.7 Å². The smallest absolute Gasteiger partial charge is 0.242 e. The highest BCUT2D eigenvalue weighted by molar-refractivity contribution is 5.87. The van der Waals surface area contributed by atoms with Gasteiger partial charge in [-0.25, -0.2) is 0 Å². The molecule has 0 saturated heterocycles. The Balaban J connectivity index is 1.76. The molecule has 0 N–H and O–H groups in total. The summed E-state index contributed by atoms with van der Waals surface area (Å²) in [6.45, 7) is 6.69. The van der Waals surface area contributed by atoms with Gasteiger partial charge in [0, 0.05) is 30.4 Å². The van der Waals surface area contributed by atoms with Crippen LogP contribution in [0.25, 0.3) is 0 Å². The topological polar surface area (TPSA) is 58.7 Å². The molecule has 2 aromatic rings. The number of aryl methyl sites for hydroxylation is 1. The molecule has 1 saturated carbocycles. The van der Waals surface area contributed by atoms with Crippen LogP contribution >= 0.6 is 0 Å². The van der Waals surface area contributed by atoms with Crippen molar-refractivity contribution < 1.29 is 14.0 Å². The second kappa shape index (κ2) is 7.62. The number of amides is 2. The Hall–Kier alpha value is -2.50. The molecule has 0 aliphatic heterocycles. The maximum atomic E-state index is 13.2. The first-order valence-corrected chi connectivity index (χ1v) is 9.47. The average Bonchev–Trinajstić information content (AvgIpc) is 3.16. The van der Waals surface area contributed by atoms with Crippen LogP contribution in [0.1, 0.15) is 45.1 Å². The highest BCUT2D eigenvalue weighted by Crippen LogP contribution is 2.31. The number of hydrogen-bond acceptors (Lipinski definition) is 3. The molecule has 0 aromatic carbocycles. The molecular formula is C21H29N3O3. The molecule has 1 aliphatic rings. The summed E-state index contributed by atoms with van der Waals surface area (Å²) in [6, 6.07) is 7.84. The van der Waals surface area contributed by atoms with E-state index in [4.69, 9.17) is 4.42 Å². The summed E-state index contributed by atoms with van der Waals surface area (Å²) in [5, 5.41) is 0.